The van der Waals surface area contributed by atoms with Crippen LogP contribution >= 0.6 is 0 Å². The van der Waals surface area contributed by atoms with Crippen molar-refractivity contribution >= 4 is 17.9 Å². The van der Waals surface area contributed by atoms with Gasteiger partial charge in [-0.1, -0.05) is 0 Å². The molecule has 0 saturated carbocycles. The average molecular weight is 242 g/mol. The maximum Gasteiger partial charge on any atom is 0.343 e. The van der Waals surface area contributed by atoms with Crippen LogP contribution in [0.4, 0.5) is 0 Å². The summed E-state index contributed by atoms with van der Waals surface area (Å²) in [5.41, 5.74) is -3.00. The van der Waals surface area contributed by atoms with Gasteiger partial charge in [-0.05, 0) is 6.07 Å². The third-order valence-corrected chi connectivity index (χ3v) is 1.95. The van der Waals surface area contributed by atoms with Crippen molar-refractivity contribution in [1.29, 1.82) is 0 Å². The molecule has 0 aliphatic heterocycles. The number of carbonyl (C=O) groups is 3. The van der Waals surface area contributed by atoms with E-state index in [-0.39, 0.29) is 0 Å². The second-order valence-electron chi connectivity index (χ2n) is 2.96. The van der Waals surface area contributed by atoms with E-state index in [0.29, 0.717) is 6.07 Å². The molecule has 0 aliphatic carbocycles. The van der Waals surface area contributed by atoms with Gasteiger partial charge in [-0.15, -0.1) is 0 Å². The van der Waals surface area contributed by atoms with Crippen molar-refractivity contribution in [2.24, 2.45) is 0 Å². The number of rotatable bonds is 3. The van der Waals surface area contributed by atoms with E-state index in [4.69, 9.17) is 15.3 Å². The molecule has 8 nitrogen and oxygen atoms in total. The van der Waals surface area contributed by atoms with Gasteiger partial charge < -0.3 is 25.5 Å². The Morgan fingerprint density at radius 1 is 0.765 bits per heavy atom. The summed E-state index contributed by atoms with van der Waals surface area (Å²) in [5, 5.41) is 44.5. The molecule has 0 fully saturated rings. The van der Waals surface area contributed by atoms with E-state index in [1.165, 1.54) is 0 Å². The number of phenols is 2. The Kier molecular flexibility index (Phi) is 2.90. The van der Waals surface area contributed by atoms with E-state index in [2.05, 4.69) is 0 Å². The monoisotopic (exact) mass is 242 g/mol. The Morgan fingerprint density at radius 3 is 1.35 bits per heavy atom. The fourth-order valence-corrected chi connectivity index (χ4v) is 1.19. The normalized spacial score (nSPS) is 9.88. The summed E-state index contributed by atoms with van der Waals surface area (Å²) >= 11 is 0. The van der Waals surface area contributed by atoms with Gasteiger partial charge in [0.25, 0.3) is 0 Å². The maximum atomic E-state index is 10.7. The fourth-order valence-electron chi connectivity index (χ4n) is 1.19. The third-order valence-electron chi connectivity index (χ3n) is 1.95. The molecule has 0 spiro atoms. The van der Waals surface area contributed by atoms with Crippen molar-refractivity contribution in [3.8, 4) is 11.5 Å². The molecule has 5 N–H and O–H groups in total. The predicted octanol–water partition coefficient (Wildman–Crippen LogP) is 0.192. The van der Waals surface area contributed by atoms with Gasteiger partial charge in [0.15, 0.2) is 0 Å². The van der Waals surface area contributed by atoms with E-state index >= 15 is 0 Å². The van der Waals surface area contributed by atoms with Crippen LogP contribution in [0.1, 0.15) is 31.1 Å². The molecule has 0 radical (unpaired) electrons. The lowest BCUT2D eigenvalue weighted by Crippen LogP contribution is -2.09. The average Bonchev–Trinajstić information content (AvgIpc) is 2.15. The van der Waals surface area contributed by atoms with Gasteiger partial charge in [-0.2, -0.15) is 0 Å². The quantitative estimate of drug-likeness (QED) is 0.503. The van der Waals surface area contributed by atoms with Crippen LogP contribution in [-0.2, 0) is 0 Å². The molecule has 0 aliphatic rings. The number of hydrogen-bond acceptors (Lipinski definition) is 5. The van der Waals surface area contributed by atoms with Crippen molar-refractivity contribution in [1.82, 2.24) is 0 Å². The highest BCUT2D eigenvalue weighted by Gasteiger charge is 2.27. The van der Waals surface area contributed by atoms with Crippen LogP contribution in [0.25, 0.3) is 0 Å². The number of carboxylic acids is 3. The van der Waals surface area contributed by atoms with Gasteiger partial charge in [0.2, 0.25) is 0 Å². The van der Waals surface area contributed by atoms with Gasteiger partial charge in [0.05, 0.1) is 0 Å². The Labute approximate surface area is 93.0 Å². The standard InChI is InChI=1S/C9H6O8/c10-5-2(7(12)13)1-3(8(14)15)6(11)4(5)9(16)17/h1,10-11H,(H,12,13)(H,14,15)(H,16,17). The first kappa shape index (κ1) is 12.3. The van der Waals surface area contributed by atoms with Crippen molar-refractivity contribution in [2.75, 3.05) is 0 Å². The number of aromatic hydroxyl groups is 2. The summed E-state index contributed by atoms with van der Waals surface area (Å²) in [6, 6.07) is 0.474. The Balaban J connectivity index is 3.76. The maximum absolute atomic E-state index is 10.7. The smallest absolute Gasteiger partial charge is 0.343 e. The molecule has 0 bridgehead atoms. The summed E-state index contributed by atoms with van der Waals surface area (Å²) in [6.07, 6.45) is 0. The highest BCUT2D eigenvalue weighted by molar-refractivity contribution is 6.05. The van der Waals surface area contributed by atoms with Gasteiger partial charge in [0.1, 0.15) is 28.2 Å². The molecular formula is C9H6O8. The summed E-state index contributed by atoms with van der Waals surface area (Å²) in [6.45, 7) is 0. The first-order chi connectivity index (χ1) is 7.77. The van der Waals surface area contributed by atoms with Crippen LogP contribution in [0.15, 0.2) is 6.07 Å². The summed E-state index contributed by atoms with van der Waals surface area (Å²) < 4.78 is 0. The predicted molar refractivity (Wildman–Crippen MR) is 50.6 cm³/mol. The Hall–Kier alpha value is -2.77. The number of carboxylic acid groups (broad SMARTS) is 3. The van der Waals surface area contributed by atoms with E-state index in [1.807, 2.05) is 0 Å². The van der Waals surface area contributed by atoms with Crippen LogP contribution < -0.4 is 0 Å². The minimum absolute atomic E-state index is 0.474. The summed E-state index contributed by atoms with van der Waals surface area (Å²) in [4.78, 5) is 32.0. The second kappa shape index (κ2) is 4.00. The van der Waals surface area contributed by atoms with Crippen molar-refractivity contribution in [3.05, 3.63) is 22.8 Å². The molecule has 0 unspecified atom stereocenters. The minimum Gasteiger partial charge on any atom is -0.506 e. The minimum atomic E-state index is -1.84. The molecule has 0 amide bonds. The number of aromatic carboxylic acids is 3. The van der Waals surface area contributed by atoms with Crippen LogP contribution in [-0.4, -0.2) is 43.4 Å². The van der Waals surface area contributed by atoms with Crippen LogP contribution in [0.2, 0.25) is 0 Å². The zero-order chi connectivity index (χ0) is 13.3. The number of hydrogen-bond donors (Lipinski definition) is 5. The van der Waals surface area contributed by atoms with E-state index in [0.717, 1.165) is 0 Å². The Morgan fingerprint density at radius 2 is 1.12 bits per heavy atom. The molecule has 17 heavy (non-hydrogen) atoms. The largest absolute Gasteiger partial charge is 0.506 e. The van der Waals surface area contributed by atoms with Gasteiger partial charge in [0, 0.05) is 0 Å². The lowest BCUT2D eigenvalue weighted by Gasteiger charge is -2.08. The molecular weight excluding hydrogens is 236 g/mol. The lowest BCUT2D eigenvalue weighted by atomic mass is 10.0. The van der Waals surface area contributed by atoms with Crippen molar-refractivity contribution in [2.45, 2.75) is 0 Å². The highest BCUT2D eigenvalue weighted by atomic mass is 16.4. The van der Waals surface area contributed by atoms with Crippen LogP contribution in [0.5, 0.6) is 11.5 Å². The molecule has 1 aromatic rings. The molecule has 1 aromatic carbocycles. The van der Waals surface area contributed by atoms with Crippen LogP contribution in [0.3, 0.4) is 0 Å². The topological polar surface area (TPSA) is 152 Å². The zero-order valence-electron chi connectivity index (χ0n) is 8.04. The summed E-state index contributed by atoms with van der Waals surface area (Å²) in [7, 11) is 0. The van der Waals surface area contributed by atoms with Crippen molar-refractivity contribution < 1.29 is 39.9 Å². The molecule has 1 rings (SSSR count). The van der Waals surface area contributed by atoms with Crippen LogP contribution in [0, 0.1) is 0 Å². The van der Waals surface area contributed by atoms with Gasteiger partial charge in [-0.3, -0.25) is 0 Å². The first-order valence-electron chi connectivity index (χ1n) is 4.06. The summed E-state index contributed by atoms with van der Waals surface area (Å²) in [5.74, 6) is -7.68. The fraction of sp³-hybridized carbons (Fsp3) is 0. The first-order valence-corrected chi connectivity index (χ1v) is 4.06. The van der Waals surface area contributed by atoms with E-state index < -0.39 is 46.1 Å². The highest BCUT2D eigenvalue weighted by Crippen LogP contribution is 2.34. The number of benzene rings is 1. The second-order valence-corrected chi connectivity index (χ2v) is 2.96. The van der Waals surface area contributed by atoms with E-state index in [9.17, 15) is 24.6 Å². The van der Waals surface area contributed by atoms with Gasteiger partial charge in [-0.25, -0.2) is 14.4 Å². The zero-order valence-corrected chi connectivity index (χ0v) is 8.04. The van der Waals surface area contributed by atoms with Crippen molar-refractivity contribution in [3.63, 3.8) is 0 Å². The molecule has 0 aromatic heterocycles. The lowest BCUT2D eigenvalue weighted by molar-refractivity contribution is 0.0688. The molecule has 0 heterocycles. The van der Waals surface area contributed by atoms with Gasteiger partial charge >= 0.3 is 17.9 Å². The SMILES string of the molecule is O=C(O)c1cc(C(=O)O)c(O)c(C(=O)O)c1O. The molecule has 0 saturated heterocycles. The third kappa shape index (κ3) is 1.95. The Bertz CT molecular complexity index is 492. The molecule has 0 atom stereocenters. The van der Waals surface area contributed by atoms with E-state index in [1.54, 1.807) is 0 Å². The molecule has 90 valence electrons. The molecule has 8 heteroatoms.